The van der Waals surface area contributed by atoms with Gasteiger partial charge in [-0.25, -0.2) is 4.98 Å². The maximum atomic E-state index is 10.5. The quantitative estimate of drug-likeness (QED) is 0.644. The van der Waals surface area contributed by atoms with Crippen molar-refractivity contribution in [3.8, 4) is 0 Å². The lowest BCUT2D eigenvalue weighted by Gasteiger charge is -2.15. The Morgan fingerprint density at radius 3 is 3.06 bits per heavy atom. The van der Waals surface area contributed by atoms with E-state index in [-0.39, 0.29) is 12.5 Å². The number of carbonyl (C=O) groups is 2. The summed E-state index contributed by atoms with van der Waals surface area (Å²) in [6.07, 6.45) is 5.14. The Labute approximate surface area is 99.7 Å². The zero-order valence-electron chi connectivity index (χ0n) is 9.80. The van der Waals surface area contributed by atoms with Gasteiger partial charge in [0.1, 0.15) is 0 Å². The fourth-order valence-electron chi connectivity index (χ4n) is 1.69. The number of carbonyl (C=O) groups excluding carboxylic acids is 1. The van der Waals surface area contributed by atoms with Gasteiger partial charge >= 0.3 is 5.97 Å². The van der Waals surface area contributed by atoms with Crippen LogP contribution in [0.2, 0.25) is 0 Å². The number of nitrogens with one attached hydrogen (secondary N) is 1. The molecule has 0 aliphatic rings. The second-order valence-electron chi connectivity index (χ2n) is 3.79. The molecule has 1 rings (SSSR count). The summed E-state index contributed by atoms with van der Waals surface area (Å²) < 4.78 is 1.97. The van der Waals surface area contributed by atoms with Gasteiger partial charge in [0.2, 0.25) is 6.41 Å². The predicted molar refractivity (Wildman–Crippen MR) is 61.5 cm³/mol. The number of carboxylic acids is 1. The van der Waals surface area contributed by atoms with Gasteiger partial charge in [-0.3, -0.25) is 9.59 Å². The molecule has 0 bridgehead atoms. The minimum Gasteiger partial charge on any atom is -0.481 e. The van der Waals surface area contributed by atoms with Gasteiger partial charge in [-0.2, -0.15) is 0 Å². The first-order chi connectivity index (χ1) is 8.17. The van der Waals surface area contributed by atoms with Crippen LogP contribution in [-0.2, 0) is 22.6 Å². The molecular weight excluding hydrogens is 222 g/mol. The second-order valence-corrected chi connectivity index (χ2v) is 3.79. The summed E-state index contributed by atoms with van der Waals surface area (Å²) in [7, 11) is 0. The molecule has 1 amide bonds. The molecule has 0 aromatic carbocycles. The molecule has 6 heteroatoms. The highest BCUT2D eigenvalue weighted by Crippen LogP contribution is 2.07. The maximum Gasteiger partial charge on any atom is 0.303 e. The number of hydrogen-bond acceptors (Lipinski definition) is 3. The third-order valence-corrected chi connectivity index (χ3v) is 2.61. The summed E-state index contributed by atoms with van der Waals surface area (Å²) in [4.78, 5) is 25.0. The van der Waals surface area contributed by atoms with Gasteiger partial charge in [0.25, 0.3) is 0 Å². The van der Waals surface area contributed by atoms with Crippen molar-refractivity contribution in [3.05, 3.63) is 18.2 Å². The van der Waals surface area contributed by atoms with E-state index in [1.165, 1.54) is 0 Å². The van der Waals surface area contributed by atoms with Crippen LogP contribution in [-0.4, -0.2) is 33.1 Å². The molecule has 0 aliphatic carbocycles. The third-order valence-electron chi connectivity index (χ3n) is 2.61. The van der Waals surface area contributed by atoms with E-state index in [9.17, 15) is 9.59 Å². The number of hydrogen-bond donors (Lipinski definition) is 2. The van der Waals surface area contributed by atoms with Crippen molar-refractivity contribution in [2.24, 2.45) is 0 Å². The summed E-state index contributed by atoms with van der Waals surface area (Å²) in [5, 5.41) is 11.3. The van der Waals surface area contributed by atoms with Gasteiger partial charge < -0.3 is 15.0 Å². The number of imidazole rings is 1. The molecular formula is C11H17N3O3. The summed E-state index contributed by atoms with van der Waals surface area (Å²) in [5.41, 5.74) is 0.997. The Balaban J connectivity index is 2.59. The van der Waals surface area contributed by atoms with Crippen molar-refractivity contribution < 1.29 is 14.7 Å². The average Bonchev–Trinajstić information content (AvgIpc) is 2.73. The van der Waals surface area contributed by atoms with Crippen LogP contribution >= 0.6 is 0 Å². The van der Waals surface area contributed by atoms with Gasteiger partial charge in [0.05, 0.1) is 6.33 Å². The smallest absolute Gasteiger partial charge is 0.303 e. The number of aliphatic carboxylic acids is 1. The highest BCUT2D eigenvalue weighted by atomic mass is 16.4. The van der Waals surface area contributed by atoms with Gasteiger partial charge in [-0.05, 0) is 13.3 Å². The van der Waals surface area contributed by atoms with Crippen molar-refractivity contribution in [2.45, 2.75) is 38.8 Å². The average molecular weight is 239 g/mol. The van der Waals surface area contributed by atoms with E-state index < -0.39 is 5.97 Å². The molecule has 1 atom stereocenters. The van der Waals surface area contributed by atoms with Crippen molar-refractivity contribution >= 4 is 12.4 Å². The van der Waals surface area contributed by atoms with Crippen molar-refractivity contribution in [3.63, 3.8) is 0 Å². The van der Waals surface area contributed by atoms with E-state index >= 15 is 0 Å². The summed E-state index contributed by atoms with van der Waals surface area (Å²) >= 11 is 0. The van der Waals surface area contributed by atoms with Crippen LogP contribution < -0.4 is 5.32 Å². The minimum absolute atomic E-state index is 0.0474. The van der Waals surface area contributed by atoms with Crippen LogP contribution in [0.4, 0.5) is 0 Å². The highest BCUT2D eigenvalue weighted by molar-refractivity contribution is 5.66. The number of rotatable bonds is 8. The largest absolute Gasteiger partial charge is 0.481 e. The maximum absolute atomic E-state index is 10.5. The molecule has 0 spiro atoms. The fourth-order valence-corrected chi connectivity index (χ4v) is 1.69. The summed E-state index contributed by atoms with van der Waals surface area (Å²) in [6, 6.07) is -0.161. The number of amides is 1. The highest BCUT2D eigenvalue weighted by Gasteiger charge is 2.13. The summed E-state index contributed by atoms with van der Waals surface area (Å²) in [6.45, 7) is 2.81. The first kappa shape index (κ1) is 13.2. The molecule has 6 nitrogen and oxygen atoms in total. The number of nitrogens with zero attached hydrogens (tertiary/aromatic N) is 2. The molecule has 94 valence electrons. The standard InChI is InChI=1S/C11H17N3O3/c1-2-14-7-12-6-10(14)5-9(13-8-15)3-4-11(16)17/h6-9H,2-5H2,1H3,(H,13,15)(H,16,17). The molecule has 0 aliphatic heterocycles. The molecule has 1 unspecified atom stereocenters. The molecule has 1 aromatic rings. The molecule has 0 fully saturated rings. The number of carboxylic acid groups (broad SMARTS) is 1. The van der Waals surface area contributed by atoms with Crippen LogP contribution in [0.3, 0.4) is 0 Å². The lowest BCUT2D eigenvalue weighted by Crippen LogP contribution is -2.31. The molecule has 1 heterocycles. The first-order valence-corrected chi connectivity index (χ1v) is 5.57. The molecule has 2 N–H and O–H groups in total. The normalized spacial score (nSPS) is 12.1. The van der Waals surface area contributed by atoms with Crippen molar-refractivity contribution in [2.75, 3.05) is 0 Å². The van der Waals surface area contributed by atoms with E-state index in [1.54, 1.807) is 12.5 Å². The summed E-state index contributed by atoms with van der Waals surface area (Å²) in [5.74, 6) is -0.855. The second kappa shape index (κ2) is 6.67. The van der Waals surface area contributed by atoms with Crippen LogP contribution in [0.1, 0.15) is 25.5 Å². The molecule has 0 saturated heterocycles. The van der Waals surface area contributed by atoms with Crippen LogP contribution in [0.15, 0.2) is 12.5 Å². The van der Waals surface area contributed by atoms with Crippen LogP contribution in [0, 0.1) is 0 Å². The fraction of sp³-hybridized carbons (Fsp3) is 0.545. The van der Waals surface area contributed by atoms with Crippen molar-refractivity contribution in [1.82, 2.24) is 14.9 Å². The Hall–Kier alpha value is -1.85. The SMILES string of the molecule is CCn1cncc1CC(CCC(=O)O)NC=O. The minimum atomic E-state index is -0.855. The zero-order valence-corrected chi connectivity index (χ0v) is 9.80. The first-order valence-electron chi connectivity index (χ1n) is 5.57. The van der Waals surface area contributed by atoms with E-state index in [0.29, 0.717) is 19.3 Å². The zero-order chi connectivity index (χ0) is 12.7. The van der Waals surface area contributed by atoms with Gasteiger partial charge in [0.15, 0.2) is 0 Å². The Morgan fingerprint density at radius 1 is 1.71 bits per heavy atom. The van der Waals surface area contributed by atoms with E-state index in [0.717, 1.165) is 12.2 Å². The molecule has 0 saturated carbocycles. The monoisotopic (exact) mass is 239 g/mol. The lowest BCUT2D eigenvalue weighted by atomic mass is 10.1. The van der Waals surface area contributed by atoms with Crippen LogP contribution in [0.25, 0.3) is 0 Å². The third kappa shape index (κ3) is 4.26. The Kier molecular flexibility index (Phi) is 5.19. The van der Waals surface area contributed by atoms with Crippen molar-refractivity contribution in [1.29, 1.82) is 0 Å². The van der Waals surface area contributed by atoms with Gasteiger partial charge in [-0.15, -0.1) is 0 Å². The van der Waals surface area contributed by atoms with E-state index in [4.69, 9.17) is 5.11 Å². The predicted octanol–water partition coefficient (Wildman–Crippen LogP) is 0.425. The van der Waals surface area contributed by atoms with Gasteiger partial charge in [-0.1, -0.05) is 0 Å². The Bertz CT molecular complexity index is 376. The topological polar surface area (TPSA) is 84.2 Å². The number of aryl methyl sites for hydroxylation is 1. The number of aromatic nitrogens is 2. The van der Waals surface area contributed by atoms with Crippen LogP contribution in [0.5, 0.6) is 0 Å². The molecule has 1 aromatic heterocycles. The molecule has 17 heavy (non-hydrogen) atoms. The van der Waals surface area contributed by atoms with E-state index in [2.05, 4.69) is 10.3 Å². The van der Waals surface area contributed by atoms with Gasteiger partial charge in [0, 0.05) is 37.3 Å². The van der Waals surface area contributed by atoms with E-state index in [1.807, 2.05) is 11.5 Å². The molecule has 0 radical (unpaired) electrons. The Morgan fingerprint density at radius 2 is 2.47 bits per heavy atom. The lowest BCUT2D eigenvalue weighted by molar-refractivity contribution is -0.137.